The quantitative estimate of drug-likeness (QED) is 0.672. The molecular formula is C25H27FN2O4. The maximum atomic E-state index is 13.1. The van der Waals surface area contributed by atoms with Gasteiger partial charge in [-0.05, 0) is 61.4 Å². The predicted octanol–water partition coefficient (Wildman–Crippen LogP) is 3.49. The van der Waals surface area contributed by atoms with Gasteiger partial charge in [0.1, 0.15) is 5.82 Å². The van der Waals surface area contributed by atoms with Crippen molar-refractivity contribution in [2.24, 2.45) is 11.8 Å². The summed E-state index contributed by atoms with van der Waals surface area (Å²) in [4.78, 5) is 39.3. The molecule has 7 heteroatoms. The van der Waals surface area contributed by atoms with Crippen LogP contribution < -0.4 is 5.32 Å². The number of halogens is 1. The number of likely N-dealkylation sites (tertiary alicyclic amines) is 1. The number of piperidine rings is 1. The SMILES string of the molecule is O=C(COC(=O)C1CCCN(C(=O)c2ccc(F)cc2)C1)NC(c1ccccc1)C1CC1. The van der Waals surface area contributed by atoms with Gasteiger partial charge in [-0.1, -0.05) is 30.3 Å². The van der Waals surface area contributed by atoms with Crippen molar-refractivity contribution >= 4 is 17.8 Å². The molecule has 2 aromatic carbocycles. The number of nitrogens with one attached hydrogen (secondary N) is 1. The lowest BCUT2D eigenvalue weighted by atomic mass is 9.97. The van der Waals surface area contributed by atoms with Crippen LogP contribution in [-0.4, -0.2) is 42.4 Å². The molecule has 1 aliphatic heterocycles. The molecule has 2 aromatic rings. The first-order valence-electron chi connectivity index (χ1n) is 11.1. The van der Waals surface area contributed by atoms with Gasteiger partial charge >= 0.3 is 5.97 Å². The standard InChI is InChI=1S/C25H27FN2O4/c26-21-12-10-19(11-13-21)24(30)28-14-4-7-20(15-28)25(31)32-16-22(29)27-23(18-8-9-18)17-5-2-1-3-6-17/h1-3,5-6,10-13,18,20,23H,4,7-9,14-16H2,(H,27,29). The van der Waals surface area contributed by atoms with Crippen molar-refractivity contribution in [2.45, 2.75) is 31.7 Å². The Morgan fingerprint density at radius 1 is 1.03 bits per heavy atom. The van der Waals surface area contributed by atoms with Crippen LogP contribution in [-0.2, 0) is 14.3 Å². The zero-order valence-corrected chi connectivity index (χ0v) is 17.8. The van der Waals surface area contributed by atoms with E-state index in [4.69, 9.17) is 4.74 Å². The largest absolute Gasteiger partial charge is 0.455 e. The Hall–Kier alpha value is -3.22. The summed E-state index contributed by atoms with van der Waals surface area (Å²) in [5.41, 5.74) is 1.43. The van der Waals surface area contributed by atoms with E-state index < -0.39 is 17.7 Å². The highest BCUT2D eigenvalue weighted by atomic mass is 19.1. The molecule has 2 amide bonds. The molecule has 1 saturated carbocycles. The summed E-state index contributed by atoms with van der Waals surface area (Å²) in [6.07, 6.45) is 3.40. The number of benzene rings is 2. The smallest absolute Gasteiger partial charge is 0.311 e. The molecule has 6 nitrogen and oxygen atoms in total. The number of amides is 2. The molecule has 2 unspecified atom stereocenters. The molecule has 1 saturated heterocycles. The number of ether oxygens (including phenoxy) is 1. The molecule has 0 bridgehead atoms. The molecule has 0 radical (unpaired) electrons. The van der Waals surface area contributed by atoms with Gasteiger partial charge in [-0.15, -0.1) is 0 Å². The van der Waals surface area contributed by atoms with E-state index >= 15 is 0 Å². The highest BCUT2D eigenvalue weighted by Crippen LogP contribution is 2.40. The molecule has 2 atom stereocenters. The number of nitrogens with zero attached hydrogens (tertiary/aromatic N) is 1. The maximum absolute atomic E-state index is 13.1. The van der Waals surface area contributed by atoms with Gasteiger partial charge in [0, 0.05) is 18.7 Å². The third-order valence-corrected chi connectivity index (χ3v) is 6.05. The molecule has 4 rings (SSSR count). The zero-order valence-electron chi connectivity index (χ0n) is 17.8. The van der Waals surface area contributed by atoms with Gasteiger partial charge in [0.25, 0.3) is 11.8 Å². The van der Waals surface area contributed by atoms with Gasteiger partial charge in [-0.3, -0.25) is 14.4 Å². The molecular weight excluding hydrogens is 411 g/mol. The van der Waals surface area contributed by atoms with E-state index in [0.717, 1.165) is 18.4 Å². The summed E-state index contributed by atoms with van der Waals surface area (Å²) in [5.74, 6) is -1.50. The number of esters is 1. The molecule has 2 fully saturated rings. The molecule has 168 valence electrons. The highest BCUT2D eigenvalue weighted by Gasteiger charge is 2.34. The van der Waals surface area contributed by atoms with E-state index in [-0.39, 0.29) is 31.0 Å². The van der Waals surface area contributed by atoms with E-state index in [1.807, 2.05) is 30.3 Å². The van der Waals surface area contributed by atoms with E-state index in [2.05, 4.69) is 5.32 Å². The van der Waals surface area contributed by atoms with Gasteiger partial charge in [-0.2, -0.15) is 0 Å². The van der Waals surface area contributed by atoms with Crippen LogP contribution in [0.25, 0.3) is 0 Å². The fourth-order valence-corrected chi connectivity index (χ4v) is 4.16. The van der Waals surface area contributed by atoms with Crippen molar-refractivity contribution in [1.29, 1.82) is 0 Å². The van der Waals surface area contributed by atoms with Gasteiger partial charge < -0.3 is 15.0 Å². The van der Waals surface area contributed by atoms with E-state index in [9.17, 15) is 18.8 Å². The van der Waals surface area contributed by atoms with Crippen molar-refractivity contribution in [2.75, 3.05) is 19.7 Å². The summed E-state index contributed by atoms with van der Waals surface area (Å²) in [7, 11) is 0. The van der Waals surface area contributed by atoms with Crippen LogP contribution >= 0.6 is 0 Å². The van der Waals surface area contributed by atoms with E-state index in [0.29, 0.717) is 30.9 Å². The summed E-state index contributed by atoms with van der Waals surface area (Å²) < 4.78 is 18.4. The summed E-state index contributed by atoms with van der Waals surface area (Å²) >= 11 is 0. The van der Waals surface area contributed by atoms with Crippen molar-refractivity contribution in [3.63, 3.8) is 0 Å². The van der Waals surface area contributed by atoms with Gasteiger partial charge in [0.2, 0.25) is 0 Å². The number of rotatable bonds is 7. The van der Waals surface area contributed by atoms with Crippen LogP contribution in [0, 0.1) is 17.7 Å². The van der Waals surface area contributed by atoms with Crippen LogP contribution in [0.15, 0.2) is 54.6 Å². The van der Waals surface area contributed by atoms with Crippen LogP contribution in [0.3, 0.4) is 0 Å². The first kappa shape index (κ1) is 22.0. The number of hydrogen-bond donors (Lipinski definition) is 1. The summed E-state index contributed by atoms with van der Waals surface area (Å²) in [6, 6.07) is 15.1. The normalized spacial score (nSPS) is 19.2. The molecule has 1 N–H and O–H groups in total. The number of carbonyl (C=O) groups is 3. The second-order valence-electron chi connectivity index (χ2n) is 8.50. The second kappa shape index (κ2) is 9.94. The van der Waals surface area contributed by atoms with E-state index in [1.54, 1.807) is 4.90 Å². The average molecular weight is 438 g/mol. The number of carbonyl (C=O) groups excluding carboxylic acids is 3. The lowest BCUT2D eigenvalue weighted by Gasteiger charge is -2.31. The first-order chi connectivity index (χ1) is 15.5. The minimum atomic E-state index is -0.477. The van der Waals surface area contributed by atoms with Crippen LogP contribution in [0.5, 0.6) is 0 Å². The lowest BCUT2D eigenvalue weighted by Crippen LogP contribution is -2.43. The average Bonchev–Trinajstić information content (AvgIpc) is 3.67. The van der Waals surface area contributed by atoms with E-state index in [1.165, 1.54) is 24.3 Å². The Bertz CT molecular complexity index is 960. The monoisotopic (exact) mass is 438 g/mol. The van der Waals surface area contributed by atoms with Crippen LogP contribution in [0.1, 0.15) is 47.6 Å². The first-order valence-corrected chi connectivity index (χ1v) is 11.1. The molecule has 1 aliphatic carbocycles. The third kappa shape index (κ3) is 5.52. The topological polar surface area (TPSA) is 75.7 Å². The minimum Gasteiger partial charge on any atom is -0.455 e. The second-order valence-corrected chi connectivity index (χ2v) is 8.50. The highest BCUT2D eigenvalue weighted by molar-refractivity contribution is 5.94. The predicted molar refractivity (Wildman–Crippen MR) is 116 cm³/mol. The molecule has 1 heterocycles. The Balaban J connectivity index is 1.28. The molecule has 32 heavy (non-hydrogen) atoms. The van der Waals surface area contributed by atoms with Gasteiger partial charge in [-0.25, -0.2) is 4.39 Å². The van der Waals surface area contributed by atoms with Crippen molar-refractivity contribution in [3.8, 4) is 0 Å². The molecule has 0 spiro atoms. The fraction of sp³-hybridized carbons (Fsp3) is 0.400. The van der Waals surface area contributed by atoms with Gasteiger partial charge in [0.15, 0.2) is 6.61 Å². The lowest BCUT2D eigenvalue weighted by molar-refractivity contribution is -0.154. The minimum absolute atomic E-state index is 0.0686. The molecule has 0 aromatic heterocycles. The fourth-order valence-electron chi connectivity index (χ4n) is 4.16. The number of hydrogen-bond acceptors (Lipinski definition) is 4. The summed E-state index contributed by atoms with van der Waals surface area (Å²) in [6.45, 7) is 0.420. The Labute approximate surface area is 186 Å². The Morgan fingerprint density at radius 3 is 2.44 bits per heavy atom. The van der Waals surface area contributed by atoms with Crippen LogP contribution in [0.4, 0.5) is 4.39 Å². The molecule has 2 aliphatic rings. The maximum Gasteiger partial charge on any atom is 0.311 e. The van der Waals surface area contributed by atoms with Crippen molar-refractivity contribution in [3.05, 3.63) is 71.5 Å². The van der Waals surface area contributed by atoms with Gasteiger partial charge in [0.05, 0.1) is 12.0 Å². The van der Waals surface area contributed by atoms with Crippen molar-refractivity contribution < 1.29 is 23.5 Å². The Morgan fingerprint density at radius 2 is 1.75 bits per heavy atom. The third-order valence-electron chi connectivity index (χ3n) is 6.05. The van der Waals surface area contributed by atoms with Crippen LogP contribution in [0.2, 0.25) is 0 Å². The van der Waals surface area contributed by atoms with Crippen molar-refractivity contribution in [1.82, 2.24) is 10.2 Å². The Kier molecular flexibility index (Phi) is 6.83. The summed E-state index contributed by atoms with van der Waals surface area (Å²) in [5, 5.41) is 3.00. The zero-order chi connectivity index (χ0) is 22.5.